The third kappa shape index (κ3) is 62.6. The maximum Gasteiger partial charge on any atom is 0.306 e. The van der Waals surface area contributed by atoms with Gasteiger partial charge in [0.2, 0.25) is 0 Å². The van der Waals surface area contributed by atoms with Crippen LogP contribution in [0.2, 0.25) is 0 Å². The predicted octanol–water partition coefficient (Wildman–Crippen LogP) is 23.0. The Bertz CT molecular complexity index is 1210. The second kappa shape index (κ2) is 64.4. The van der Waals surface area contributed by atoms with Gasteiger partial charge >= 0.3 is 17.9 Å². The van der Waals surface area contributed by atoms with Crippen molar-refractivity contribution >= 4 is 17.9 Å². The van der Waals surface area contributed by atoms with E-state index < -0.39 is 6.10 Å². The highest BCUT2D eigenvalue weighted by Gasteiger charge is 2.19. The monoisotopic (exact) mass is 1050 g/mol. The van der Waals surface area contributed by atoms with Crippen LogP contribution in [0.4, 0.5) is 0 Å². The molecule has 0 aliphatic heterocycles. The summed E-state index contributed by atoms with van der Waals surface area (Å²) in [5.41, 5.74) is 0. The van der Waals surface area contributed by atoms with E-state index in [0.717, 1.165) is 64.2 Å². The number of carbonyl (C=O) groups is 3. The minimum atomic E-state index is -0.765. The molecule has 0 aromatic carbocycles. The molecule has 0 saturated heterocycles. The number of esters is 3. The lowest BCUT2D eigenvalue weighted by Gasteiger charge is -2.18. The Morgan fingerprint density at radius 1 is 0.267 bits per heavy atom. The molecular weight excluding hydrogens is 925 g/mol. The van der Waals surface area contributed by atoms with Crippen molar-refractivity contribution in [2.75, 3.05) is 13.2 Å². The standard InChI is InChI=1S/C69H130O6/c1-4-7-10-13-16-19-22-25-27-29-30-31-32-33-34-35-36-37-38-39-40-41-43-44-47-50-53-56-59-62-68(71)74-65-66(64-73-67(70)61-58-55-52-49-46-24-21-18-15-12-9-6-3)75-69(72)63-60-57-54-51-48-45-42-28-26-23-20-17-14-11-8-5-2/h22,25,29-30,66H,4-21,23-24,26-28,31-65H2,1-3H3/b25-22-,30-29-. The van der Waals surface area contributed by atoms with Gasteiger partial charge in [-0.05, 0) is 51.4 Å². The summed E-state index contributed by atoms with van der Waals surface area (Å²) in [6, 6.07) is 0. The van der Waals surface area contributed by atoms with Gasteiger partial charge in [0.05, 0.1) is 0 Å². The maximum atomic E-state index is 12.9. The van der Waals surface area contributed by atoms with Crippen LogP contribution >= 0.6 is 0 Å². The first-order valence-electron chi connectivity index (χ1n) is 33.8. The Kier molecular flexibility index (Phi) is 62.6. The van der Waals surface area contributed by atoms with E-state index in [4.69, 9.17) is 14.2 Å². The first kappa shape index (κ1) is 72.9. The minimum absolute atomic E-state index is 0.0636. The zero-order chi connectivity index (χ0) is 54.3. The van der Waals surface area contributed by atoms with Gasteiger partial charge in [0.25, 0.3) is 0 Å². The molecule has 0 rings (SSSR count). The van der Waals surface area contributed by atoms with Crippen molar-refractivity contribution in [2.24, 2.45) is 0 Å². The lowest BCUT2D eigenvalue weighted by atomic mass is 10.0. The molecule has 0 amide bonds. The van der Waals surface area contributed by atoms with Crippen LogP contribution in [0.25, 0.3) is 0 Å². The van der Waals surface area contributed by atoms with E-state index in [2.05, 4.69) is 45.1 Å². The molecule has 6 heteroatoms. The normalized spacial score (nSPS) is 12.1. The number of hydrogen-bond acceptors (Lipinski definition) is 6. The van der Waals surface area contributed by atoms with Crippen molar-refractivity contribution in [1.82, 2.24) is 0 Å². The molecule has 1 unspecified atom stereocenters. The van der Waals surface area contributed by atoms with E-state index >= 15 is 0 Å². The molecule has 0 heterocycles. The summed E-state index contributed by atoms with van der Waals surface area (Å²) in [5.74, 6) is -0.834. The van der Waals surface area contributed by atoms with Crippen LogP contribution in [-0.2, 0) is 28.6 Å². The Labute approximate surface area is 468 Å². The number of ether oxygens (including phenoxy) is 3. The average molecular weight is 1060 g/mol. The summed E-state index contributed by atoms with van der Waals surface area (Å²) < 4.78 is 16.9. The molecule has 0 aliphatic carbocycles. The Balaban J connectivity index is 4.13. The van der Waals surface area contributed by atoms with Gasteiger partial charge in [-0.3, -0.25) is 14.4 Å². The van der Waals surface area contributed by atoms with Crippen LogP contribution in [0, 0.1) is 0 Å². The largest absolute Gasteiger partial charge is 0.462 e. The van der Waals surface area contributed by atoms with Gasteiger partial charge in [0, 0.05) is 19.3 Å². The van der Waals surface area contributed by atoms with Crippen LogP contribution in [0.5, 0.6) is 0 Å². The van der Waals surface area contributed by atoms with Gasteiger partial charge in [-0.1, -0.05) is 334 Å². The van der Waals surface area contributed by atoms with Gasteiger partial charge in [0.15, 0.2) is 6.10 Å². The van der Waals surface area contributed by atoms with E-state index in [1.54, 1.807) is 0 Å². The lowest BCUT2D eigenvalue weighted by molar-refractivity contribution is -0.167. The average Bonchev–Trinajstić information content (AvgIpc) is 3.41. The van der Waals surface area contributed by atoms with E-state index in [1.165, 1.54) is 276 Å². The molecule has 442 valence electrons. The van der Waals surface area contributed by atoms with Crippen molar-refractivity contribution in [3.8, 4) is 0 Å². The Morgan fingerprint density at radius 2 is 0.480 bits per heavy atom. The van der Waals surface area contributed by atoms with Crippen LogP contribution in [0.3, 0.4) is 0 Å². The van der Waals surface area contributed by atoms with Crippen LogP contribution < -0.4 is 0 Å². The molecule has 6 nitrogen and oxygen atoms in total. The third-order valence-corrected chi connectivity index (χ3v) is 15.5. The Morgan fingerprint density at radius 3 is 0.733 bits per heavy atom. The Hall–Kier alpha value is -2.11. The summed E-state index contributed by atoms with van der Waals surface area (Å²) in [4.78, 5) is 38.3. The highest BCUT2D eigenvalue weighted by Crippen LogP contribution is 2.18. The van der Waals surface area contributed by atoms with Gasteiger partial charge in [-0.2, -0.15) is 0 Å². The molecule has 0 aromatic rings. The van der Waals surface area contributed by atoms with Gasteiger partial charge in [-0.15, -0.1) is 0 Å². The highest BCUT2D eigenvalue weighted by molar-refractivity contribution is 5.71. The SMILES string of the molecule is CCCCCCC/C=C\C/C=C\CCCCCCCCCCCCCCCCCCCC(=O)OCC(COC(=O)CCCCCCCCCCCCCC)OC(=O)CCCCCCCCCCCCCCCCCC. The number of hydrogen-bond donors (Lipinski definition) is 0. The van der Waals surface area contributed by atoms with Crippen LogP contribution in [0.1, 0.15) is 380 Å². The van der Waals surface area contributed by atoms with Crippen molar-refractivity contribution in [3.05, 3.63) is 24.3 Å². The second-order valence-electron chi connectivity index (χ2n) is 23.1. The molecule has 0 spiro atoms. The molecule has 1 atom stereocenters. The zero-order valence-electron chi connectivity index (χ0n) is 50.8. The molecular formula is C69H130O6. The first-order chi connectivity index (χ1) is 37.0. The summed E-state index contributed by atoms with van der Waals surface area (Å²) in [6.07, 6.45) is 77.7. The van der Waals surface area contributed by atoms with E-state index in [-0.39, 0.29) is 31.1 Å². The lowest BCUT2D eigenvalue weighted by Crippen LogP contribution is -2.30. The molecule has 75 heavy (non-hydrogen) atoms. The fourth-order valence-corrected chi connectivity index (χ4v) is 10.4. The number of rotatable bonds is 63. The van der Waals surface area contributed by atoms with E-state index in [9.17, 15) is 14.4 Å². The van der Waals surface area contributed by atoms with Gasteiger partial charge in [-0.25, -0.2) is 0 Å². The molecule has 0 aromatic heterocycles. The van der Waals surface area contributed by atoms with Gasteiger partial charge < -0.3 is 14.2 Å². The molecule has 0 fully saturated rings. The smallest absolute Gasteiger partial charge is 0.306 e. The number of unbranched alkanes of at least 4 members (excludes halogenated alkanes) is 48. The third-order valence-electron chi connectivity index (χ3n) is 15.5. The quantitative estimate of drug-likeness (QED) is 0.0261. The van der Waals surface area contributed by atoms with Crippen LogP contribution in [-0.4, -0.2) is 37.2 Å². The van der Waals surface area contributed by atoms with Crippen molar-refractivity contribution < 1.29 is 28.6 Å². The van der Waals surface area contributed by atoms with Crippen LogP contribution in [0.15, 0.2) is 24.3 Å². The minimum Gasteiger partial charge on any atom is -0.462 e. The predicted molar refractivity (Wildman–Crippen MR) is 326 cm³/mol. The summed E-state index contributed by atoms with van der Waals surface area (Å²) in [6.45, 7) is 6.70. The molecule has 0 saturated carbocycles. The van der Waals surface area contributed by atoms with Crippen molar-refractivity contribution in [3.63, 3.8) is 0 Å². The fourth-order valence-electron chi connectivity index (χ4n) is 10.4. The summed E-state index contributed by atoms with van der Waals surface area (Å²) >= 11 is 0. The van der Waals surface area contributed by atoms with Crippen molar-refractivity contribution in [1.29, 1.82) is 0 Å². The first-order valence-corrected chi connectivity index (χ1v) is 33.8. The topological polar surface area (TPSA) is 78.9 Å². The maximum absolute atomic E-state index is 12.9. The number of allylic oxidation sites excluding steroid dienone is 4. The molecule has 0 N–H and O–H groups in total. The second-order valence-corrected chi connectivity index (χ2v) is 23.1. The molecule has 0 radical (unpaired) electrons. The zero-order valence-corrected chi connectivity index (χ0v) is 50.8. The van der Waals surface area contributed by atoms with Gasteiger partial charge in [0.1, 0.15) is 13.2 Å². The van der Waals surface area contributed by atoms with E-state index in [0.29, 0.717) is 19.3 Å². The van der Waals surface area contributed by atoms with E-state index in [1.807, 2.05) is 0 Å². The molecule has 0 aliphatic rings. The van der Waals surface area contributed by atoms with Crippen molar-refractivity contribution in [2.45, 2.75) is 386 Å². The highest BCUT2D eigenvalue weighted by atomic mass is 16.6. The summed E-state index contributed by atoms with van der Waals surface area (Å²) in [7, 11) is 0. The fraction of sp³-hybridized carbons (Fsp3) is 0.899. The molecule has 0 bridgehead atoms. The number of carbonyl (C=O) groups excluding carboxylic acids is 3. The summed E-state index contributed by atoms with van der Waals surface area (Å²) in [5, 5.41) is 0.